The standard InChI is InChI=1S/C14H19NS2/c1-3-13(14-7-5-9-17-14)15-11(2)10-12-6-4-8-16-12/h4-9,11,13,15H,3,10H2,1-2H3. The highest BCUT2D eigenvalue weighted by atomic mass is 32.1. The first-order chi connectivity index (χ1) is 8.29. The molecule has 3 heteroatoms. The van der Waals surface area contributed by atoms with Crippen molar-refractivity contribution in [1.29, 1.82) is 0 Å². The molecule has 1 nitrogen and oxygen atoms in total. The van der Waals surface area contributed by atoms with Crippen LogP contribution in [0.25, 0.3) is 0 Å². The van der Waals surface area contributed by atoms with E-state index in [-0.39, 0.29) is 0 Å². The minimum Gasteiger partial charge on any atom is -0.306 e. The largest absolute Gasteiger partial charge is 0.306 e. The Morgan fingerprint density at radius 3 is 2.53 bits per heavy atom. The monoisotopic (exact) mass is 265 g/mol. The van der Waals surface area contributed by atoms with Gasteiger partial charge in [0.1, 0.15) is 0 Å². The fourth-order valence-corrected chi connectivity index (χ4v) is 3.73. The second-order valence-electron chi connectivity index (χ2n) is 4.33. The topological polar surface area (TPSA) is 12.0 Å². The first-order valence-electron chi connectivity index (χ1n) is 6.11. The van der Waals surface area contributed by atoms with Crippen LogP contribution >= 0.6 is 22.7 Å². The van der Waals surface area contributed by atoms with E-state index in [1.165, 1.54) is 9.75 Å². The van der Waals surface area contributed by atoms with Crippen molar-refractivity contribution in [3.8, 4) is 0 Å². The average Bonchev–Trinajstić information content (AvgIpc) is 2.97. The van der Waals surface area contributed by atoms with Gasteiger partial charge in [0.15, 0.2) is 0 Å². The molecule has 2 atom stereocenters. The predicted molar refractivity (Wildman–Crippen MR) is 78.0 cm³/mol. The van der Waals surface area contributed by atoms with Gasteiger partial charge in [-0.3, -0.25) is 0 Å². The molecule has 0 bridgehead atoms. The van der Waals surface area contributed by atoms with Crippen LogP contribution in [0.1, 0.15) is 36.1 Å². The highest BCUT2D eigenvalue weighted by Gasteiger charge is 2.13. The summed E-state index contributed by atoms with van der Waals surface area (Å²) in [6.07, 6.45) is 2.27. The fourth-order valence-electron chi connectivity index (χ4n) is 2.02. The zero-order valence-corrected chi connectivity index (χ0v) is 12.0. The van der Waals surface area contributed by atoms with Crippen LogP contribution < -0.4 is 5.32 Å². The van der Waals surface area contributed by atoms with E-state index in [0.29, 0.717) is 12.1 Å². The summed E-state index contributed by atoms with van der Waals surface area (Å²) in [5.74, 6) is 0. The molecule has 0 radical (unpaired) electrons. The zero-order valence-electron chi connectivity index (χ0n) is 10.3. The number of rotatable bonds is 6. The van der Waals surface area contributed by atoms with Gasteiger partial charge >= 0.3 is 0 Å². The van der Waals surface area contributed by atoms with Gasteiger partial charge in [0.05, 0.1) is 0 Å². The molecule has 0 aromatic carbocycles. The van der Waals surface area contributed by atoms with E-state index < -0.39 is 0 Å². The molecule has 2 aromatic heterocycles. The Morgan fingerprint density at radius 2 is 1.94 bits per heavy atom. The van der Waals surface area contributed by atoms with E-state index in [1.54, 1.807) is 0 Å². The summed E-state index contributed by atoms with van der Waals surface area (Å²) in [7, 11) is 0. The Bertz CT molecular complexity index is 405. The van der Waals surface area contributed by atoms with Crippen molar-refractivity contribution in [3.05, 3.63) is 44.8 Å². The summed E-state index contributed by atoms with van der Waals surface area (Å²) in [5.41, 5.74) is 0. The van der Waals surface area contributed by atoms with E-state index in [1.807, 2.05) is 22.7 Å². The Hall–Kier alpha value is -0.640. The molecule has 2 rings (SSSR count). The number of thiophene rings is 2. The molecule has 0 spiro atoms. The number of nitrogens with one attached hydrogen (secondary N) is 1. The Kier molecular flexibility index (Phi) is 4.77. The molecule has 0 saturated carbocycles. The molecule has 2 aromatic rings. The van der Waals surface area contributed by atoms with Gasteiger partial charge in [-0.1, -0.05) is 19.1 Å². The summed E-state index contributed by atoms with van der Waals surface area (Å²) in [6.45, 7) is 4.52. The van der Waals surface area contributed by atoms with Gasteiger partial charge in [-0.25, -0.2) is 0 Å². The number of hydrogen-bond acceptors (Lipinski definition) is 3. The van der Waals surface area contributed by atoms with Gasteiger partial charge in [-0.2, -0.15) is 0 Å². The second-order valence-corrected chi connectivity index (χ2v) is 6.34. The highest BCUT2D eigenvalue weighted by Crippen LogP contribution is 2.23. The third-order valence-electron chi connectivity index (χ3n) is 2.87. The van der Waals surface area contributed by atoms with Crippen LogP contribution in [0.5, 0.6) is 0 Å². The van der Waals surface area contributed by atoms with Crippen molar-refractivity contribution >= 4 is 22.7 Å². The lowest BCUT2D eigenvalue weighted by molar-refractivity contribution is 0.450. The lowest BCUT2D eigenvalue weighted by Gasteiger charge is -2.21. The zero-order chi connectivity index (χ0) is 12.1. The first-order valence-corrected chi connectivity index (χ1v) is 7.87. The van der Waals surface area contributed by atoms with Crippen LogP contribution in [0, 0.1) is 0 Å². The van der Waals surface area contributed by atoms with E-state index in [2.05, 4.69) is 54.2 Å². The van der Waals surface area contributed by atoms with E-state index in [0.717, 1.165) is 12.8 Å². The van der Waals surface area contributed by atoms with E-state index in [9.17, 15) is 0 Å². The summed E-state index contributed by atoms with van der Waals surface area (Å²) in [4.78, 5) is 2.91. The van der Waals surface area contributed by atoms with Crippen molar-refractivity contribution in [2.45, 2.75) is 38.8 Å². The molecule has 0 saturated heterocycles. The molecular weight excluding hydrogens is 246 g/mol. The first kappa shape index (κ1) is 12.8. The predicted octanol–water partition coefficient (Wildman–Crippen LogP) is 4.48. The molecule has 1 N–H and O–H groups in total. The molecule has 92 valence electrons. The molecule has 0 aliphatic rings. The van der Waals surface area contributed by atoms with Crippen LogP contribution in [-0.2, 0) is 6.42 Å². The van der Waals surface area contributed by atoms with Crippen molar-refractivity contribution in [1.82, 2.24) is 5.32 Å². The SMILES string of the molecule is CCC(NC(C)Cc1cccs1)c1cccs1. The lowest BCUT2D eigenvalue weighted by atomic mass is 10.1. The summed E-state index contributed by atoms with van der Waals surface area (Å²) in [6, 6.07) is 9.74. The van der Waals surface area contributed by atoms with Gasteiger partial charge in [0, 0.05) is 21.8 Å². The minimum atomic E-state index is 0.505. The second kappa shape index (κ2) is 6.34. The summed E-state index contributed by atoms with van der Waals surface area (Å²) in [5, 5.41) is 8.03. The third kappa shape index (κ3) is 3.66. The Morgan fingerprint density at radius 1 is 1.18 bits per heavy atom. The van der Waals surface area contributed by atoms with Gasteiger partial charge < -0.3 is 5.32 Å². The Labute approximate surface area is 112 Å². The molecule has 0 amide bonds. The molecule has 0 aliphatic heterocycles. The van der Waals surface area contributed by atoms with Crippen LogP contribution in [0.4, 0.5) is 0 Å². The van der Waals surface area contributed by atoms with Crippen LogP contribution in [0.2, 0.25) is 0 Å². The average molecular weight is 265 g/mol. The van der Waals surface area contributed by atoms with Crippen LogP contribution in [0.3, 0.4) is 0 Å². The Balaban J connectivity index is 1.90. The molecule has 17 heavy (non-hydrogen) atoms. The van der Waals surface area contributed by atoms with E-state index >= 15 is 0 Å². The smallest absolute Gasteiger partial charge is 0.0414 e. The maximum atomic E-state index is 3.72. The maximum Gasteiger partial charge on any atom is 0.0414 e. The van der Waals surface area contributed by atoms with Gasteiger partial charge in [0.25, 0.3) is 0 Å². The molecule has 2 heterocycles. The van der Waals surface area contributed by atoms with Crippen molar-refractivity contribution < 1.29 is 0 Å². The van der Waals surface area contributed by atoms with Gasteiger partial charge in [-0.15, -0.1) is 22.7 Å². The lowest BCUT2D eigenvalue weighted by Crippen LogP contribution is -2.31. The molecule has 0 aliphatic carbocycles. The van der Waals surface area contributed by atoms with Crippen LogP contribution in [-0.4, -0.2) is 6.04 Å². The summed E-state index contributed by atoms with van der Waals surface area (Å²) < 4.78 is 0. The minimum absolute atomic E-state index is 0.505. The van der Waals surface area contributed by atoms with Crippen molar-refractivity contribution in [3.63, 3.8) is 0 Å². The fraction of sp³-hybridized carbons (Fsp3) is 0.429. The normalized spacial score (nSPS) is 14.7. The quantitative estimate of drug-likeness (QED) is 0.812. The van der Waals surface area contributed by atoms with Crippen LogP contribution in [0.15, 0.2) is 35.0 Å². The van der Waals surface area contributed by atoms with Crippen molar-refractivity contribution in [2.24, 2.45) is 0 Å². The van der Waals surface area contributed by atoms with E-state index in [4.69, 9.17) is 0 Å². The molecular formula is C14H19NS2. The summed E-state index contributed by atoms with van der Waals surface area (Å²) >= 11 is 3.69. The van der Waals surface area contributed by atoms with Crippen molar-refractivity contribution in [2.75, 3.05) is 0 Å². The number of hydrogen-bond donors (Lipinski definition) is 1. The van der Waals surface area contributed by atoms with Gasteiger partial charge in [0.2, 0.25) is 0 Å². The maximum absolute atomic E-state index is 3.72. The highest BCUT2D eigenvalue weighted by molar-refractivity contribution is 7.10. The third-order valence-corrected chi connectivity index (χ3v) is 4.75. The molecule has 0 fully saturated rings. The molecule has 2 unspecified atom stereocenters. The van der Waals surface area contributed by atoms with Gasteiger partial charge in [-0.05, 0) is 42.7 Å².